The van der Waals surface area contributed by atoms with E-state index in [9.17, 15) is 9.59 Å². The van der Waals surface area contributed by atoms with E-state index < -0.39 is 5.41 Å². The average Bonchev–Trinajstić information content (AvgIpc) is 2.91. The molecule has 4 aliphatic carbocycles. The van der Waals surface area contributed by atoms with Crippen molar-refractivity contribution in [3.05, 3.63) is 34.2 Å². The predicted octanol–water partition coefficient (Wildman–Crippen LogP) is 4.15. The third-order valence-electron chi connectivity index (χ3n) is 7.42. The number of carbonyl (C=O) groups is 2. The number of azide groups is 1. The van der Waals surface area contributed by atoms with Gasteiger partial charge in [-0.2, -0.15) is 0 Å². The van der Waals surface area contributed by atoms with Crippen molar-refractivity contribution in [2.45, 2.75) is 45.4 Å². The van der Waals surface area contributed by atoms with Gasteiger partial charge in [0.15, 0.2) is 5.78 Å². The van der Waals surface area contributed by atoms with Gasteiger partial charge in [-0.3, -0.25) is 9.59 Å². The highest BCUT2D eigenvalue weighted by Crippen LogP contribution is 2.63. The van der Waals surface area contributed by atoms with E-state index in [1.165, 1.54) is 5.57 Å². The van der Waals surface area contributed by atoms with E-state index in [1.807, 2.05) is 6.08 Å². The Hall–Kier alpha value is -1.87. The predicted molar refractivity (Wildman–Crippen MR) is 90.0 cm³/mol. The molecule has 5 nitrogen and oxygen atoms in total. The Morgan fingerprint density at radius 3 is 2.88 bits per heavy atom. The molecule has 24 heavy (non-hydrogen) atoms. The Morgan fingerprint density at radius 1 is 1.25 bits per heavy atom. The normalized spacial score (nSPS) is 43.4. The molecule has 5 heteroatoms. The molecule has 5 atom stereocenters. The number of nitrogens with zero attached hydrogens (tertiary/aromatic N) is 3. The van der Waals surface area contributed by atoms with Crippen LogP contribution in [0.1, 0.15) is 45.4 Å². The van der Waals surface area contributed by atoms with Gasteiger partial charge in [0, 0.05) is 28.7 Å². The average molecular weight is 325 g/mol. The second-order valence-electron chi connectivity index (χ2n) is 8.15. The van der Waals surface area contributed by atoms with Crippen LogP contribution in [0.4, 0.5) is 0 Å². The molecule has 0 aromatic carbocycles. The number of carbonyl (C=O) groups excluding carboxylic acids is 2. The minimum absolute atomic E-state index is 0.0485. The zero-order chi connectivity index (χ0) is 16.9. The molecule has 3 fully saturated rings. The molecule has 0 aromatic heterocycles. The van der Waals surface area contributed by atoms with Gasteiger partial charge in [-0.1, -0.05) is 23.7 Å². The molecule has 0 bridgehead atoms. The lowest BCUT2D eigenvalue weighted by Gasteiger charge is -2.56. The minimum Gasteiger partial charge on any atom is -0.299 e. The molecule has 0 unspecified atom stereocenters. The van der Waals surface area contributed by atoms with Crippen molar-refractivity contribution in [1.29, 1.82) is 0 Å². The van der Waals surface area contributed by atoms with Crippen molar-refractivity contribution in [3.8, 4) is 0 Å². The SMILES string of the molecule is C[C@]12C=CC(=O)C=C1CC[C@H]1[C@@H]3CCC(=O)[C@@]3(CN=[N+]=[N-])CC[C@@H]12. The molecule has 4 aliphatic rings. The Labute approximate surface area is 141 Å². The molecule has 0 N–H and O–H groups in total. The van der Waals surface area contributed by atoms with E-state index in [-0.39, 0.29) is 11.2 Å². The second kappa shape index (κ2) is 5.32. The maximum atomic E-state index is 12.7. The van der Waals surface area contributed by atoms with Gasteiger partial charge in [0.25, 0.3) is 0 Å². The molecule has 0 spiro atoms. The van der Waals surface area contributed by atoms with Gasteiger partial charge >= 0.3 is 0 Å². The van der Waals surface area contributed by atoms with Gasteiger partial charge in [0.1, 0.15) is 5.78 Å². The molecule has 0 aromatic rings. The summed E-state index contributed by atoms with van der Waals surface area (Å²) in [5.74, 6) is 1.71. The lowest BCUT2D eigenvalue weighted by Crippen LogP contribution is -2.51. The van der Waals surface area contributed by atoms with Crippen LogP contribution >= 0.6 is 0 Å². The van der Waals surface area contributed by atoms with E-state index in [2.05, 4.69) is 23.0 Å². The number of hydrogen-bond donors (Lipinski definition) is 0. The molecule has 0 heterocycles. The minimum atomic E-state index is -0.417. The lowest BCUT2D eigenvalue weighted by atomic mass is 9.48. The first kappa shape index (κ1) is 15.6. The summed E-state index contributed by atoms with van der Waals surface area (Å²) in [6.07, 6.45) is 11.0. The first-order chi connectivity index (χ1) is 11.5. The Bertz CT molecular complexity index is 718. The van der Waals surface area contributed by atoms with Crippen molar-refractivity contribution in [2.24, 2.45) is 33.7 Å². The van der Waals surface area contributed by atoms with Crippen LogP contribution in [0.3, 0.4) is 0 Å². The van der Waals surface area contributed by atoms with E-state index in [0.717, 1.165) is 32.1 Å². The zero-order valence-corrected chi connectivity index (χ0v) is 14.1. The fourth-order valence-corrected chi connectivity index (χ4v) is 6.23. The van der Waals surface area contributed by atoms with Crippen LogP contribution in [0, 0.1) is 28.6 Å². The van der Waals surface area contributed by atoms with E-state index in [1.54, 1.807) is 6.08 Å². The Kier molecular flexibility index (Phi) is 3.47. The standard InChI is InChI=1S/C19H23N3O2/c1-18-8-6-13(23)10-12(18)2-3-14-15(18)7-9-19(11-21-22-20)16(14)4-5-17(19)24/h6,8,10,14-16H,2-5,7,9,11H2,1H3/t14-,15+,16+,18+,19-/m1/s1. The molecular formula is C19H23N3O2. The first-order valence-electron chi connectivity index (χ1n) is 9.00. The largest absolute Gasteiger partial charge is 0.299 e. The molecule has 0 radical (unpaired) electrons. The fourth-order valence-electron chi connectivity index (χ4n) is 6.23. The summed E-state index contributed by atoms with van der Waals surface area (Å²) in [6.45, 7) is 2.58. The summed E-state index contributed by atoms with van der Waals surface area (Å²) in [4.78, 5) is 27.3. The molecule has 3 saturated carbocycles. The molecule has 0 aliphatic heterocycles. The summed E-state index contributed by atoms with van der Waals surface area (Å²) in [6, 6.07) is 0. The van der Waals surface area contributed by atoms with Gasteiger partial charge < -0.3 is 0 Å². The summed E-state index contributed by atoms with van der Waals surface area (Å²) in [5, 5.41) is 3.82. The van der Waals surface area contributed by atoms with Crippen molar-refractivity contribution >= 4 is 11.6 Å². The van der Waals surface area contributed by atoms with Gasteiger partial charge in [0.2, 0.25) is 0 Å². The number of hydrogen-bond acceptors (Lipinski definition) is 3. The van der Waals surface area contributed by atoms with E-state index in [4.69, 9.17) is 5.53 Å². The monoisotopic (exact) mass is 325 g/mol. The van der Waals surface area contributed by atoms with Crippen LogP contribution in [0.25, 0.3) is 10.4 Å². The molecule has 0 amide bonds. The smallest absolute Gasteiger partial charge is 0.178 e. The number of ketones is 2. The Balaban J connectivity index is 1.70. The van der Waals surface area contributed by atoms with E-state index in [0.29, 0.717) is 36.5 Å². The third kappa shape index (κ3) is 1.97. The topological polar surface area (TPSA) is 82.9 Å². The van der Waals surface area contributed by atoms with Crippen LogP contribution in [0.15, 0.2) is 28.9 Å². The van der Waals surface area contributed by atoms with E-state index >= 15 is 0 Å². The van der Waals surface area contributed by atoms with Crippen LogP contribution in [0.5, 0.6) is 0 Å². The van der Waals surface area contributed by atoms with Gasteiger partial charge in [-0.05, 0) is 67.5 Å². The van der Waals surface area contributed by atoms with Gasteiger partial charge in [-0.15, -0.1) is 0 Å². The zero-order valence-electron chi connectivity index (χ0n) is 14.1. The van der Waals surface area contributed by atoms with Crippen LogP contribution in [-0.2, 0) is 9.59 Å². The quantitative estimate of drug-likeness (QED) is 0.434. The molecule has 4 rings (SSSR count). The van der Waals surface area contributed by atoms with Crippen LogP contribution in [-0.4, -0.2) is 18.1 Å². The molecule has 0 saturated heterocycles. The maximum absolute atomic E-state index is 12.7. The molecular weight excluding hydrogens is 302 g/mol. The number of allylic oxidation sites excluding steroid dienone is 4. The highest BCUT2D eigenvalue weighted by Gasteiger charge is 2.60. The summed E-state index contributed by atoms with van der Waals surface area (Å²) in [5.41, 5.74) is 9.55. The number of rotatable bonds is 2. The second-order valence-corrected chi connectivity index (χ2v) is 8.15. The van der Waals surface area contributed by atoms with Gasteiger partial charge in [-0.25, -0.2) is 0 Å². The van der Waals surface area contributed by atoms with Crippen molar-refractivity contribution < 1.29 is 9.59 Å². The summed E-state index contributed by atoms with van der Waals surface area (Å²) >= 11 is 0. The van der Waals surface area contributed by atoms with Gasteiger partial charge in [0.05, 0.1) is 0 Å². The highest BCUT2D eigenvalue weighted by molar-refractivity contribution is 6.01. The lowest BCUT2D eigenvalue weighted by molar-refractivity contribution is -0.132. The molecule has 126 valence electrons. The maximum Gasteiger partial charge on any atom is 0.178 e. The van der Waals surface area contributed by atoms with Crippen molar-refractivity contribution in [3.63, 3.8) is 0 Å². The van der Waals surface area contributed by atoms with Crippen molar-refractivity contribution in [1.82, 2.24) is 0 Å². The Morgan fingerprint density at radius 2 is 2.08 bits per heavy atom. The first-order valence-corrected chi connectivity index (χ1v) is 9.00. The van der Waals surface area contributed by atoms with Crippen LogP contribution in [0.2, 0.25) is 0 Å². The van der Waals surface area contributed by atoms with Crippen molar-refractivity contribution in [2.75, 3.05) is 6.54 Å². The van der Waals surface area contributed by atoms with Crippen LogP contribution < -0.4 is 0 Å². The number of Topliss-reactive ketones (excluding diaryl/α,β-unsaturated/α-hetero) is 1. The number of fused-ring (bicyclic) bond motifs is 5. The highest BCUT2D eigenvalue weighted by atomic mass is 16.1. The summed E-state index contributed by atoms with van der Waals surface area (Å²) in [7, 11) is 0. The summed E-state index contributed by atoms with van der Waals surface area (Å²) < 4.78 is 0. The fraction of sp³-hybridized carbons (Fsp3) is 0.684. The third-order valence-corrected chi connectivity index (χ3v) is 7.42.